The van der Waals surface area contributed by atoms with Gasteiger partial charge in [0.05, 0.1) is 40.1 Å². The largest absolute Gasteiger partial charge is 0.465 e. The quantitative estimate of drug-likeness (QED) is 0.394. The lowest BCUT2D eigenvalue weighted by Crippen LogP contribution is -2.40. The number of carbonyl (C=O) groups excluding carboxylic acids is 3. The maximum atomic E-state index is 12.7. The normalized spacial score (nSPS) is 11.1. The molecule has 0 atom stereocenters. The topological polar surface area (TPSA) is 87.1 Å². The Balaban J connectivity index is 3.30. The summed E-state index contributed by atoms with van der Waals surface area (Å²) < 4.78 is 18.3. The molecule has 158 valence electrons. The number of esters is 2. The first-order chi connectivity index (χ1) is 12.9. The highest BCUT2D eigenvalue weighted by molar-refractivity contribution is 9.13. The van der Waals surface area contributed by atoms with Crippen LogP contribution in [0.15, 0.2) is 9.08 Å². The Morgan fingerprint density at radius 2 is 1.64 bits per heavy atom. The summed E-state index contributed by atoms with van der Waals surface area (Å²) in [6, 6.07) is 0. The summed E-state index contributed by atoms with van der Waals surface area (Å²) in [4.78, 5) is 38.3. The van der Waals surface area contributed by atoms with Gasteiger partial charge >= 0.3 is 18.0 Å². The zero-order valence-corrected chi connectivity index (χ0v) is 20.1. The summed E-state index contributed by atoms with van der Waals surface area (Å²) in [5.74, 6) is -1.11. The minimum Gasteiger partial charge on any atom is -0.465 e. The standard InChI is InChI=1S/C18H26Br2N2O6/c1-7-26-12(23)10-22(17(25)28-18(3,4)5)9-11-13(16(24)27-8-2)14(19)15(20)21(11)6/h7-10H2,1-6H3. The van der Waals surface area contributed by atoms with E-state index in [1.807, 2.05) is 0 Å². The molecule has 0 bridgehead atoms. The molecule has 1 rings (SSSR count). The van der Waals surface area contributed by atoms with E-state index < -0.39 is 23.6 Å². The first-order valence-electron chi connectivity index (χ1n) is 8.76. The van der Waals surface area contributed by atoms with E-state index in [2.05, 4.69) is 31.9 Å². The van der Waals surface area contributed by atoms with Crippen molar-refractivity contribution in [1.29, 1.82) is 0 Å². The second-order valence-electron chi connectivity index (χ2n) is 6.85. The number of nitrogens with zero attached hydrogens (tertiary/aromatic N) is 2. The molecule has 0 aromatic carbocycles. The van der Waals surface area contributed by atoms with Gasteiger partial charge in [0.15, 0.2) is 0 Å². The van der Waals surface area contributed by atoms with Crippen LogP contribution in [0.3, 0.4) is 0 Å². The minimum atomic E-state index is -0.747. The summed E-state index contributed by atoms with van der Waals surface area (Å²) in [5, 5.41) is 0. The second-order valence-corrected chi connectivity index (χ2v) is 8.39. The number of carbonyl (C=O) groups is 3. The average molecular weight is 526 g/mol. The van der Waals surface area contributed by atoms with Crippen LogP contribution in [0.5, 0.6) is 0 Å². The molecule has 1 aromatic rings. The molecular weight excluding hydrogens is 500 g/mol. The molecule has 0 aliphatic carbocycles. The van der Waals surface area contributed by atoms with E-state index in [-0.39, 0.29) is 31.9 Å². The third-order valence-corrected chi connectivity index (χ3v) is 5.72. The second kappa shape index (κ2) is 10.3. The average Bonchev–Trinajstić information content (AvgIpc) is 2.77. The molecule has 0 aliphatic heterocycles. The minimum absolute atomic E-state index is 0.0530. The molecule has 0 spiro atoms. The van der Waals surface area contributed by atoms with Gasteiger partial charge in [-0.05, 0) is 66.5 Å². The number of hydrogen-bond donors (Lipinski definition) is 0. The molecule has 1 heterocycles. The SMILES string of the molecule is CCOC(=O)CN(Cc1c(C(=O)OCC)c(Br)c(Br)n1C)C(=O)OC(C)(C)C. The van der Waals surface area contributed by atoms with Gasteiger partial charge in [0.2, 0.25) is 0 Å². The predicted octanol–water partition coefficient (Wildman–Crippen LogP) is 4.03. The molecule has 0 N–H and O–H groups in total. The lowest BCUT2D eigenvalue weighted by Gasteiger charge is -2.27. The molecule has 0 unspecified atom stereocenters. The van der Waals surface area contributed by atoms with Gasteiger partial charge in [0.25, 0.3) is 0 Å². The molecule has 0 saturated heterocycles. The molecule has 10 heteroatoms. The van der Waals surface area contributed by atoms with Gasteiger partial charge in [0, 0.05) is 7.05 Å². The van der Waals surface area contributed by atoms with Crippen molar-refractivity contribution < 1.29 is 28.6 Å². The van der Waals surface area contributed by atoms with Gasteiger partial charge in [-0.2, -0.15) is 0 Å². The van der Waals surface area contributed by atoms with Crippen LogP contribution in [0, 0.1) is 0 Å². The van der Waals surface area contributed by atoms with Crippen LogP contribution in [0.4, 0.5) is 4.79 Å². The Hall–Kier alpha value is -1.55. The van der Waals surface area contributed by atoms with Crippen LogP contribution < -0.4 is 0 Å². The molecule has 0 fully saturated rings. The van der Waals surface area contributed by atoms with Crippen LogP contribution in [0.1, 0.15) is 50.7 Å². The zero-order valence-electron chi connectivity index (χ0n) is 16.9. The van der Waals surface area contributed by atoms with Gasteiger partial charge in [-0.1, -0.05) is 0 Å². The van der Waals surface area contributed by atoms with Gasteiger partial charge in [-0.3, -0.25) is 9.69 Å². The number of hydrogen-bond acceptors (Lipinski definition) is 6. The Kier molecular flexibility index (Phi) is 9.00. The molecule has 0 radical (unpaired) electrons. The molecular formula is C18H26Br2N2O6. The maximum absolute atomic E-state index is 12.7. The number of aromatic nitrogens is 1. The van der Waals surface area contributed by atoms with E-state index >= 15 is 0 Å². The summed E-state index contributed by atoms with van der Waals surface area (Å²) in [7, 11) is 1.73. The molecule has 8 nitrogen and oxygen atoms in total. The van der Waals surface area contributed by atoms with Gasteiger partial charge in [-0.15, -0.1) is 0 Å². The van der Waals surface area contributed by atoms with E-state index in [0.29, 0.717) is 14.8 Å². The van der Waals surface area contributed by atoms with Crippen molar-refractivity contribution in [2.45, 2.75) is 46.8 Å². The highest BCUT2D eigenvalue weighted by atomic mass is 79.9. The first kappa shape index (κ1) is 24.5. The van der Waals surface area contributed by atoms with Crippen molar-refractivity contribution in [2.75, 3.05) is 19.8 Å². The van der Waals surface area contributed by atoms with E-state index in [1.54, 1.807) is 46.2 Å². The fraction of sp³-hybridized carbons (Fsp3) is 0.611. The van der Waals surface area contributed by atoms with E-state index in [4.69, 9.17) is 14.2 Å². The Labute approximate surface area is 181 Å². The third kappa shape index (κ3) is 6.51. The van der Waals surface area contributed by atoms with Crippen LogP contribution in [-0.4, -0.2) is 52.9 Å². The summed E-state index contributed by atoms with van der Waals surface area (Å²) >= 11 is 6.78. The molecule has 1 aromatic heterocycles. The molecule has 28 heavy (non-hydrogen) atoms. The van der Waals surface area contributed by atoms with Gasteiger partial charge < -0.3 is 18.8 Å². The van der Waals surface area contributed by atoms with Crippen molar-refractivity contribution in [2.24, 2.45) is 7.05 Å². The lowest BCUT2D eigenvalue weighted by molar-refractivity contribution is -0.144. The summed E-state index contributed by atoms with van der Waals surface area (Å²) in [6.45, 7) is 8.60. The highest BCUT2D eigenvalue weighted by Gasteiger charge is 2.30. The number of amides is 1. The van der Waals surface area contributed by atoms with Crippen molar-refractivity contribution in [3.8, 4) is 0 Å². The van der Waals surface area contributed by atoms with E-state index in [9.17, 15) is 14.4 Å². The Morgan fingerprint density at radius 1 is 1.07 bits per heavy atom. The Bertz CT molecular complexity index is 739. The monoisotopic (exact) mass is 524 g/mol. The lowest BCUT2D eigenvalue weighted by atomic mass is 10.2. The van der Waals surface area contributed by atoms with Crippen LogP contribution in [0.2, 0.25) is 0 Å². The number of halogens is 2. The molecule has 0 aliphatic rings. The maximum Gasteiger partial charge on any atom is 0.411 e. The molecule has 0 saturated carbocycles. The smallest absolute Gasteiger partial charge is 0.411 e. The van der Waals surface area contributed by atoms with Crippen molar-refractivity contribution in [3.05, 3.63) is 20.3 Å². The van der Waals surface area contributed by atoms with Crippen LogP contribution in [0.25, 0.3) is 0 Å². The van der Waals surface area contributed by atoms with E-state index in [1.165, 1.54) is 4.90 Å². The van der Waals surface area contributed by atoms with Crippen LogP contribution >= 0.6 is 31.9 Å². The predicted molar refractivity (Wildman–Crippen MR) is 110 cm³/mol. The Morgan fingerprint density at radius 3 is 2.14 bits per heavy atom. The fourth-order valence-corrected chi connectivity index (χ4v) is 3.38. The zero-order chi connectivity index (χ0) is 21.6. The number of rotatable bonds is 7. The van der Waals surface area contributed by atoms with E-state index in [0.717, 1.165) is 0 Å². The fourth-order valence-electron chi connectivity index (χ4n) is 2.31. The van der Waals surface area contributed by atoms with Gasteiger partial charge in [0.1, 0.15) is 12.1 Å². The van der Waals surface area contributed by atoms with Gasteiger partial charge in [-0.25, -0.2) is 9.59 Å². The summed E-state index contributed by atoms with van der Waals surface area (Å²) in [6.07, 6.45) is -0.691. The summed E-state index contributed by atoms with van der Waals surface area (Å²) in [5.41, 5.74) is 0.00424. The van der Waals surface area contributed by atoms with Crippen LogP contribution in [-0.2, 0) is 32.6 Å². The van der Waals surface area contributed by atoms with Crippen molar-refractivity contribution in [3.63, 3.8) is 0 Å². The molecule has 1 amide bonds. The third-order valence-electron chi connectivity index (χ3n) is 3.49. The first-order valence-corrected chi connectivity index (χ1v) is 10.3. The van der Waals surface area contributed by atoms with Crippen molar-refractivity contribution >= 4 is 49.9 Å². The van der Waals surface area contributed by atoms with Crippen molar-refractivity contribution in [1.82, 2.24) is 9.47 Å². The highest BCUT2D eigenvalue weighted by Crippen LogP contribution is 2.33. The number of ether oxygens (including phenoxy) is 3.